The van der Waals surface area contributed by atoms with Crippen molar-refractivity contribution >= 4 is 38.4 Å². The SMILES string of the molecule is CCC(C)(C)C(=O)Nc1cccc2cc(Br)cnc12. The van der Waals surface area contributed by atoms with Crippen molar-refractivity contribution < 1.29 is 4.79 Å². The number of fused-ring (bicyclic) bond motifs is 1. The number of nitrogens with one attached hydrogen (secondary N) is 1. The maximum atomic E-state index is 12.2. The lowest BCUT2D eigenvalue weighted by Crippen LogP contribution is -2.30. The summed E-state index contributed by atoms with van der Waals surface area (Å²) in [4.78, 5) is 16.6. The summed E-state index contributed by atoms with van der Waals surface area (Å²) in [6.07, 6.45) is 2.53. The number of carbonyl (C=O) groups excluding carboxylic acids is 1. The van der Waals surface area contributed by atoms with Crippen LogP contribution >= 0.6 is 15.9 Å². The number of rotatable bonds is 3. The van der Waals surface area contributed by atoms with Crippen LogP contribution in [0.3, 0.4) is 0 Å². The van der Waals surface area contributed by atoms with Gasteiger partial charge in [0.05, 0.1) is 11.2 Å². The Morgan fingerprint density at radius 3 is 2.84 bits per heavy atom. The number of amides is 1. The first kappa shape index (κ1) is 14.0. The molecule has 0 saturated heterocycles. The zero-order valence-electron chi connectivity index (χ0n) is 11.3. The molecule has 4 heteroatoms. The van der Waals surface area contributed by atoms with Gasteiger partial charge in [0.25, 0.3) is 0 Å². The number of anilines is 1. The summed E-state index contributed by atoms with van der Waals surface area (Å²) < 4.78 is 0.928. The highest BCUT2D eigenvalue weighted by Gasteiger charge is 2.25. The van der Waals surface area contributed by atoms with Gasteiger partial charge in [-0.25, -0.2) is 0 Å². The second-order valence-corrected chi connectivity index (χ2v) is 6.14. The van der Waals surface area contributed by atoms with Gasteiger partial charge in [-0.05, 0) is 34.5 Å². The molecule has 2 aromatic rings. The molecule has 0 atom stereocenters. The van der Waals surface area contributed by atoms with E-state index in [4.69, 9.17) is 0 Å². The van der Waals surface area contributed by atoms with Gasteiger partial charge in [0.15, 0.2) is 0 Å². The Kier molecular flexibility index (Phi) is 3.90. The normalized spacial score (nSPS) is 11.6. The zero-order valence-corrected chi connectivity index (χ0v) is 12.9. The molecule has 0 aliphatic heterocycles. The van der Waals surface area contributed by atoms with Crippen LogP contribution in [0.2, 0.25) is 0 Å². The third-order valence-corrected chi connectivity index (χ3v) is 3.86. The first-order valence-corrected chi connectivity index (χ1v) is 7.09. The lowest BCUT2D eigenvalue weighted by molar-refractivity contribution is -0.124. The number of nitrogens with zero attached hydrogens (tertiary/aromatic N) is 1. The molecule has 1 aromatic heterocycles. The molecular formula is C15H17BrN2O. The molecule has 1 aromatic carbocycles. The molecule has 0 unspecified atom stereocenters. The fourth-order valence-corrected chi connectivity index (χ4v) is 2.04. The van der Waals surface area contributed by atoms with Crippen molar-refractivity contribution in [3.05, 3.63) is 34.9 Å². The monoisotopic (exact) mass is 320 g/mol. The molecule has 0 aliphatic carbocycles. The maximum Gasteiger partial charge on any atom is 0.230 e. The van der Waals surface area contributed by atoms with Crippen LogP contribution in [-0.4, -0.2) is 10.9 Å². The molecule has 1 amide bonds. The van der Waals surface area contributed by atoms with E-state index in [1.807, 2.05) is 45.0 Å². The third-order valence-electron chi connectivity index (χ3n) is 3.42. The Morgan fingerprint density at radius 1 is 1.42 bits per heavy atom. The van der Waals surface area contributed by atoms with Crippen molar-refractivity contribution in [2.45, 2.75) is 27.2 Å². The first-order valence-electron chi connectivity index (χ1n) is 6.30. The molecule has 0 spiro atoms. The summed E-state index contributed by atoms with van der Waals surface area (Å²) in [7, 11) is 0. The molecule has 100 valence electrons. The second-order valence-electron chi connectivity index (χ2n) is 5.22. The van der Waals surface area contributed by atoms with Crippen molar-refractivity contribution in [2.75, 3.05) is 5.32 Å². The van der Waals surface area contributed by atoms with E-state index in [0.717, 1.165) is 27.5 Å². The van der Waals surface area contributed by atoms with E-state index < -0.39 is 0 Å². The summed E-state index contributed by atoms with van der Waals surface area (Å²) in [5, 5.41) is 3.98. The minimum atomic E-state index is -0.377. The van der Waals surface area contributed by atoms with Crippen LogP contribution < -0.4 is 5.32 Å². The number of hydrogen-bond acceptors (Lipinski definition) is 2. The maximum absolute atomic E-state index is 12.2. The van der Waals surface area contributed by atoms with Crippen molar-refractivity contribution in [1.29, 1.82) is 0 Å². The smallest absolute Gasteiger partial charge is 0.230 e. The molecule has 0 saturated carbocycles. The van der Waals surface area contributed by atoms with Gasteiger partial charge in [-0.15, -0.1) is 0 Å². The van der Waals surface area contributed by atoms with Crippen LogP contribution in [0.4, 0.5) is 5.69 Å². The molecule has 0 aliphatic rings. The summed E-state index contributed by atoms with van der Waals surface area (Å²) >= 11 is 3.40. The van der Waals surface area contributed by atoms with Crippen molar-refractivity contribution in [1.82, 2.24) is 4.98 Å². The predicted molar refractivity (Wildman–Crippen MR) is 82.1 cm³/mol. The highest BCUT2D eigenvalue weighted by Crippen LogP contribution is 2.27. The number of benzene rings is 1. The Hall–Kier alpha value is -1.42. The summed E-state index contributed by atoms with van der Waals surface area (Å²) in [6, 6.07) is 7.77. The highest BCUT2D eigenvalue weighted by molar-refractivity contribution is 9.10. The van der Waals surface area contributed by atoms with E-state index in [1.54, 1.807) is 6.20 Å². The molecule has 3 nitrogen and oxygen atoms in total. The molecule has 0 radical (unpaired) electrons. The van der Waals surface area contributed by atoms with Gasteiger partial charge in [0, 0.05) is 21.5 Å². The van der Waals surface area contributed by atoms with E-state index in [0.29, 0.717) is 0 Å². The van der Waals surface area contributed by atoms with Gasteiger partial charge in [-0.3, -0.25) is 9.78 Å². The van der Waals surface area contributed by atoms with Crippen LogP contribution in [0, 0.1) is 5.41 Å². The first-order chi connectivity index (χ1) is 8.94. The van der Waals surface area contributed by atoms with Crippen LogP contribution in [-0.2, 0) is 4.79 Å². The number of hydrogen-bond donors (Lipinski definition) is 1. The van der Waals surface area contributed by atoms with E-state index in [-0.39, 0.29) is 11.3 Å². The number of pyridine rings is 1. The summed E-state index contributed by atoms with van der Waals surface area (Å²) in [5.41, 5.74) is 1.19. The van der Waals surface area contributed by atoms with E-state index in [1.165, 1.54) is 0 Å². The standard InChI is InChI=1S/C15H17BrN2O/c1-4-15(2,3)14(19)18-12-7-5-6-10-8-11(16)9-17-13(10)12/h5-9H,4H2,1-3H3,(H,18,19). The molecular weight excluding hydrogens is 304 g/mol. The predicted octanol–water partition coefficient (Wildman–Crippen LogP) is 4.37. The minimum absolute atomic E-state index is 0.0206. The van der Waals surface area contributed by atoms with Crippen molar-refractivity contribution in [3.8, 4) is 0 Å². The van der Waals surface area contributed by atoms with Crippen LogP contribution in [0.1, 0.15) is 27.2 Å². The largest absolute Gasteiger partial charge is 0.324 e. The van der Waals surface area contributed by atoms with E-state index in [2.05, 4.69) is 26.2 Å². The van der Waals surface area contributed by atoms with Crippen LogP contribution in [0.15, 0.2) is 34.9 Å². The molecule has 1 heterocycles. The van der Waals surface area contributed by atoms with Gasteiger partial charge >= 0.3 is 0 Å². The third kappa shape index (κ3) is 2.95. The number of halogens is 1. The van der Waals surface area contributed by atoms with Gasteiger partial charge < -0.3 is 5.32 Å². The van der Waals surface area contributed by atoms with Gasteiger partial charge in [-0.2, -0.15) is 0 Å². The molecule has 2 rings (SSSR count). The average Bonchev–Trinajstić information content (AvgIpc) is 2.38. The lowest BCUT2D eigenvalue weighted by Gasteiger charge is -2.21. The Labute approximate surface area is 121 Å². The number of carbonyl (C=O) groups is 1. The van der Waals surface area contributed by atoms with Crippen LogP contribution in [0.25, 0.3) is 10.9 Å². The molecule has 0 fully saturated rings. The summed E-state index contributed by atoms with van der Waals surface area (Å²) in [6.45, 7) is 5.90. The quantitative estimate of drug-likeness (QED) is 0.912. The Bertz CT molecular complexity index is 623. The molecule has 1 N–H and O–H groups in total. The minimum Gasteiger partial charge on any atom is -0.324 e. The second kappa shape index (κ2) is 5.29. The summed E-state index contributed by atoms with van der Waals surface area (Å²) in [5.74, 6) is 0.0206. The lowest BCUT2D eigenvalue weighted by atomic mass is 9.89. The Morgan fingerprint density at radius 2 is 2.16 bits per heavy atom. The Balaban J connectivity index is 2.39. The fraction of sp³-hybridized carbons (Fsp3) is 0.333. The molecule has 19 heavy (non-hydrogen) atoms. The van der Waals surface area contributed by atoms with E-state index >= 15 is 0 Å². The van der Waals surface area contributed by atoms with Crippen molar-refractivity contribution in [2.24, 2.45) is 5.41 Å². The van der Waals surface area contributed by atoms with E-state index in [9.17, 15) is 4.79 Å². The molecule has 0 bridgehead atoms. The number of para-hydroxylation sites is 1. The van der Waals surface area contributed by atoms with Gasteiger partial charge in [0.1, 0.15) is 0 Å². The fourth-order valence-electron chi connectivity index (χ4n) is 1.69. The topological polar surface area (TPSA) is 42.0 Å². The highest BCUT2D eigenvalue weighted by atomic mass is 79.9. The van der Waals surface area contributed by atoms with Gasteiger partial charge in [0.2, 0.25) is 5.91 Å². The number of aromatic nitrogens is 1. The van der Waals surface area contributed by atoms with Crippen molar-refractivity contribution in [3.63, 3.8) is 0 Å². The zero-order chi connectivity index (χ0) is 14.0. The van der Waals surface area contributed by atoms with Crippen LogP contribution in [0.5, 0.6) is 0 Å². The average molecular weight is 321 g/mol. The van der Waals surface area contributed by atoms with Gasteiger partial charge in [-0.1, -0.05) is 32.9 Å².